The largest absolute Gasteiger partial charge is 0.395 e. The van der Waals surface area contributed by atoms with Crippen LogP contribution in [0.2, 0.25) is 0 Å². The molecule has 14 heavy (non-hydrogen) atoms. The standard InChI is InChI=1S/C7H13N3O3S/c1-2-6(5-11)10-14(12,13)7-3-8-9-4-7/h3-4,6,10-11H,2,5H2,1H3,(H,8,9)/t6-/m0/s1. The topological polar surface area (TPSA) is 95.1 Å². The summed E-state index contributed by atoms with van der Waals surface area (Å²) in [5, 5.41) is 14.8. The van der Waals surface area contributed by atoms with Crippen molar-refractivity contribution >= 4 is 10.0 Å². The van der Waals surface area contributed by atoms with Gasteiger partial charge in [-0.3, -0.25) is 5.10 Å². The molecule has 0 fully saturated rings. The number of hydrogen-bond donors (Lipinski definition) is 3. The predicted molar refractivity (Wildman–Crippen MR) is 50.1 cm³/mol. The van der Waals surface area contributed by atoms with Gasteiger partial charge >= 0.3 is 0 Å². The summed E-state index contributed by atoms with van der Waals surface area (Å²) in [4.78, 5) is 0.0735. The van der Waals surface area contributed by atoms with Crippen molar-refractivity contribution in [2.75, 3.05) is 6.61 Å². The zero-order valence-electron chi connectivity index (χ0n) is 7.77. The lowest BCUT2D eigenvalue weighted by molar-refractivity contribution is 0.254. The average molecular weight is 219 g/mol. The summed E-state index contributed by atoms with van der Waals surface area (Å²) < 4.78 is 25.4. The fourth-order valence-electron chi connectivity index (χ4n) is 0.923. The van der Waals surface area contributed by atoms with Crippen LogP contribution >= 0.6 is 0 Å². The summed E-state index contributed by atoms with van der Waals surface area (Å²) in [6.45, 7) is 1.58. The molecule has 0 unspecified atom stereocenters. The predicted octanol–water partition coefficient (Wildman–Crippen LogP) is -0.541. The molecule has 0 bridgehead atoms. The summed E-state index contributed by atoms with van der Waals surface area (Å²) in [6, 6.07) is -0.449. The molecule has 1 atom stereocenters. The van der Waals surface area contributed by atoms with Crippen molar-refractivity contribution in [2.45, 2.75) is 24.3 Å². The SMILES string of the molecule is CC[C@@H](CO)NS(=O)(=O)c1cn[nH]c1. The van der Waals surface area contributed by atoms with Crippen LogP contribution in [-0.4, -0.2) is 36.4 Å². The van der Waals surface area contributed by atoms with Crippen molar-refractivity contribution in [1.29, 1.82) is 0 Å². The highest BCUT2D eigenvalue weighted by Gasteiger charge is 2.18. The van der Waals surface area contributed by atoms with Crippen molar-refractivity contribution in [3.63, 3.8) is 0 Å². The van der Waals surface area contributed by atoms with Crippen molar-refractivity contribution in [1.82, 2.24) is 14.9 Å². The van der Waals surface area contributed by atoms with Gasteiger partial charge in [0.1, 0.15) is 4.90 Å². The van der Waals surface area contributed by atoms with Gasteiger partial charge in [0.05, 0.1) is 12.8 Å². The highest BCUT2D eigenvalue weighted by atomic mass is 32.2. The number of nitrogens with one attached hydrogen (secondary N) is 2. The Bertz CT molecular complexity index is 356. The Morgan fingerprint density at radius 2 is 2.43 bits per heavy atom. The van der Waals surface area contributed by atoms with Gasteiger partial charge in [0.2, 0.25) is 10.0 Å². The van der Waals surface area contributed by atoms with Gasteiger partial charge in [0.25, 0.3) is 0 Å². The molecule has 1 heterocycles. The molecule has 0 spiro atoms. The molecule has 0 aliphatic heterocycles. The van der Waals surface area contributed by atoms with E-state index in [9.17, 15) is 8.42 Å². The van der Waals surface area contributed by atoms with Crippen LogP contribution < -0.4 is 4.72 Å². The average Bonchev–Trinajstić information content (AvgIpc) is 2.67. The molecule has 0 saturated heterocycles. The molecule has 6 nitrogen and oxygen atoms in total. The van der Waals surface area contributed by atoms with Gasteiger partial charge in [-0.1, -0.05) is 6.92 Å². The van der Waals surface area contributed by atoms with Crippen LogP contribution in [0.3, 0.4) is 0 Å². The summed E-state index contributed by atoms with van der Waals surface area (Å²) in [7, 11) is -3.54. The van der Waals surface area contributed by atoms with E-state index in [0.717, 1.165) is 0 Å². The molecule has 0 aliphatic rings. The molecule has 0 amide bonds. The number of hydrogen-bond acceptors (Lipinski definition) is 4. The van der Waals surface area contributed by atoms with Crippen molar-refractivity contribution < 1.29 is 13.5 Å². The van der Waals surface area contributed by atoms with Gasteiger partial charge in [-0.05, 0) is 6.42 Å². The highest BCUT2D eigenvalue weighted by molar-refractivity contribution is 7.89. The van der Waals surface area contributed by atoms with Gasteiger partial charge in [0, 0.05) is 12.2 Å². The number of aromatic nitrogens is 2. The molecular formula is C7H13N3O3S. The molecule has 80 valence electrons. The smallest absolute Gasteiger partial charge is 0.244 e. The first-order valence-corrected chi connectivity index (χ1v) is 5.70. The van der Waals surface area contributed by atoms with Crippen molar-refractivity contribution in [3.8, 4) is 0 Å². The molecule has 0 saturated carbocycles. The van der Waals surface area contributed by atoms with Crippen LogP contribution in [0.25, 0.3) is 0 Å². The van der Waals surface area contributed by atoms with Crippen molar-refractivity contribution in [2.24, 2.45) is 0 Å². The van der Waals surface area contributed by atoms with Crippen molar-refractivity contribution in [3.05, 3.63) is 12.4 Å². The van der Waals surface area contributed by atoms with Gasteiger partial charge in [0.15, 0.2) is 0 Å². The summed E-state index contributed by atoms with van der Waals surface area (Å²) in [6.07, 6.45) is 3.03. The van der Waals surface area contributed by atoms with E-state index in [1.165, 1.54) is 12.4 Å². The number of sulfonamides is 1. The molecule has 1 aromatic heterocycles. The van der Waals surface area contributed by atoms with E-state index in [1.807, 2.05) is 0 Å². The molecule has 0 aromatic carbocycles. The number of rotatable bonds is 5. The van der Waals surface area contributed by atoms with Crippen LogP contribution in [0.1, 0.15) is 13.3 Å². The minimum atomic E-state index is -3.54. The number of aliphatic hydroxyl groups excluding tert-OH is 1. The second-order valence-corrected chi connectivity index (χ2v) is 4.56. The van der Waals surface area contributed by atoms with E-state index in [-0.39, 0.29) is 11.5 Å². The first kappa shape index (κ1) is 11.2. The molecule has 0 aliphatic carbocycles. The van der Waals surface area contributed by atoms with Crippen LogP contribution in [-0.2, 0) is 10.0 Å². The van der Waals surface area contributed by atoms with Crippen LogP contribution in [0.5, 0.6) is 0 Å². The fraction of sp³-hybridized carbons (Fsp3) is 0.571. The first-order chi connectivity index (χ1) is 6.60. The normalized spacial score (nSPS) is 14.1. The molecule has 1 rings (SSSR count). The first-order valence-electron chi connectivity index (χ1n) is 4.22. The molecule has 7 heteroatoms. The number of H-pyrrole nitrogens is 1. The Kier molecular flexibility index (Phi) is 3.62. The third kappa shape index (κ3) is 2.53. The van der Waals surface area contributed by atoms with Crippen LogP contribution in [0, 0.1) is 0 Å². The monoisotopic (exact) mass is 219 g/mol. The Morgan fingerprint density at radius 1 is 1.71 bits per heavy atom. The minimum absolute atomic E-state index is 0.0735. The van der Waals surface area contributed by atoms with Crippen LogP contribution in [0.15, 0.2) is 17.3 Å². The lowest BCUT2D eigenvalue weighted by Crippen LogP contribution is -2.36. The lowest BCUT2D eigenvalue weighted by Gasteiger charge is -2.12. The highest BCUT2D eigenvalue weighted by Crippen LogP contribution is 2.06. The summed E-state index contributed by atoms with van der Waals surface area (Å²) in [5.41, 5.74) is 0. The Balaban J connectivity index is 2.77. The Hall–Kier alpha value is -0.920. The summed E-state index contributed by atoms with van der Waals surface area (Å²) >= 11 is 0. The molecule has 0 radical (unpaired) electrons. The minimum Gasteiger partial charge on any atom is -0.395 e. The number of nitrogens with zero attached hydrogens (tertiary/aromatic N) is 1. The molecular weight excluding hydrogens is 206 g/mol. The quantitative estimate of drug-likeness (QED) is 0.619. The van der Waals surface area contributed by atoms with E-state index in [4.69, 9.17) is 5.11 Å². The summed E-state index contributed by atoms with van der Waals surface area (Å²) in [5.74, 6) is 0. The van der Waals surface area contributed by atoms with Gasteiger partial charge in [-0.25, -0.2) is 13.1 Å². The number of aliphatic hydroxyl groups is 1. The maximum absolute atomic E-state index is 11.5. The van der Waals surface area contributed by atoms with Crippen LogP contribution in [0.4, 0.5) is 0 Å². The zero-order chi connectivity index (χ0) is 10.6. The maximum atomic E-state index is 11.5. The van der Waals surface area contributed by atoms with Gasteiger partial charge in [-0.15, -0.1) is 0 Å². The lowest BCUT2D eigenvalue weighted by atomic mass is 10.3. The second kappa shape index (κ2) is 4.54. The number of aromatic amines is 1. The van der Waals surface area contributed by atoms with E-state index in [0.29, 0.717) is 6.42 Å². The van der Waals surface area contributed by atoms with E-state index < -0.39 is 16.1 Å². The third-order valence-electron chi connectivity index (χ3n) is 1.82. The van der Waals surface area contributed by atoms with E-state index >= 15 is 0 Å². The van der Waals surface area contributed by atoms with E-state index in [1.54, 1.807) is 6.92 Å². The van der Waals surface area contributed by atoms with Gasteiger partial charge < -0.3 is 5.11 Å². The van der Waals surface area contributed by atoms with Gasteiger partial charge in [-0.2, -0.15) is 5.10 Å². The second-order valence-electron chi connectivity index (χ2n) is 2.84. The maximum Gasteiger partial charge on any atom is 0.244 e. The Morgan fingerprint density at radius 3 is 2.86 bits per heavy atom. The molecule has 3 N–H and O–H groups in total. The zero-order valence-corrected chi connectivity index (χ0v) is 8.58. The Labute approximate surface area is 82.4 Å². The van der Waals surface area contributed by atoms with E-state index in [2.05, 4.69) is 14.9 Å². The fourth-order valence-corrected chi connectivity index (χ4v) is 2.14. The third-order valence-corrected chi connectivity index (χ3v) is 3.31. The molecule has 1 aromatic rings.